The third kappa shape index (κ3) is 4.22. The van der Waals surface area contributed by atoms with Gasteiger partial charge in [0.2, 0.25) is 0 Å². The molecule has 3 N–H and O–H groups in total. The van der Waals surface area contributed by atoms with E-state index in [1.54, 1.807) is 17.8 Å². The van der Waals surface area contributed by atoms with E-state index in [0.717, 1.165) is 52.5 Å². The Morgan fingerprint density at radius 2 is 1.97 bits per heavy atom. The van der Waals surface area contributed by atoms with Crippen LogP contribution in [0.25, 0.3) is 27.9 Å². The fraction of sp³-hybridized carbons (Fsp3) is 0.250. The van der Waals surface area contributed by atoms with Crippen molar-refractivity contribution in [2.24, 2.45) is 0 Å². The number of nitrogen functional groups attached to an aromatic ring is 1. The van der Waals surface area contributed by atoms with Crippen LogP contribution in [0.3, 0.4) is 0 Å². The number of aromatic nitrogens is 3. The normalized spacial score (nSPS) is 11.3. The smallest absolute Gasteiger partial charge is 0.165 e. The van der Waals surface area contributed by atoms with Crippen LogP contribution in [0.2, 0.25) is 5.02 Å². The number of benzene rings is 2. The van der Waals surface area contributed by atoms with E-state index in [1.807, 2.05) is 43.3 Å². The van der Waals surface area contributed by atoms with Gasteiger partial charge in [0.1, 0.15) is 11.6 Å². The number of likely N-dealkylation sites (N-methyl/N-ethyl adjacent to an activating group) is 1. The van der Waals surface area contributed by atoms with Gasteiger partial charge in [0, 0.05) is 34.9 Å². The van der Waals surface area contributed by atoms with Crippen LogP contribution in [0.5, 0.6) is 5.75 Å². The second-order valence-electron chi connectivity index (χ2n) is 7.91. The lowest BCUT2D eigenvalue weighted by Gasteiger charge is -2.14. The Balaban J connectivity index is 1.81. The summed E-state index contributed by atoms with van der Waals surface area (Å²) in [5.41, 5.74) is 12.5. The van der Waals surface area contributed by atoms with E-state index in [-0.39, 0.29) is 0 Å². The van der Waals surface area contributed by atoms with Gasteiger partial charge in [0.25, 0.3) is 0 Å². The molecule has 0 amide bonds. The zero-order valence-corrected chi connectivity index (χ0v) is 19.4. The third-order valence-corrected chi connectivity index (χ3v) is 5.59. The van der Waals surface area contributed by atoms with Crippen molar-refractivity contribution < 1.29 is 4.74 Å². The Labute approximate surface area is 192 Å². The molecule has 4 rings (SSSR count). The van der Waals surface area contributed by atoms with E-state index in [0.29, 0.717) is 16.5 Å². The summed E-state index contributed by atoms with van der Waals surface area (Å²) in [6.45, 7) is 3.71. The van der Waals surface area contributed by atoms with Gasteiger partial charge in [-0.25, -0.2) is 4.98 Å². The summed E-state index contributed by atoms with van der Waals surface area (Å²) in [5, 5.41) is 8.65. The van der Waals surface area contributed by atoms with Crippen LogP contribution in [0.15, 0.2) is 48.7 Å². The first kappa shape index (κ1) is 21.9. The highest BCUT2D eigenvalue weighted by molar-refractivity contribution is 6.30. The van der Waals surface area contributed by atoms with Gasteiger partial charge in [0.15, 0.2) is 5.65 Å². The predicted octanol–water partition coefficient (Wildman–Crippen LogP) is 4.59. The molecule has 0 aliphatic rings. The van der Waals surface area contributed by atoms with Crippen molar-refractivity contribution in [3.63, 3.8) is 0 Å². The van der Waals surface area contributed by atoms with Crippen molar-refractivity contribution >= 4 is 28.8 Å². The maximum Gasteiger partial charge on any atom is 0.165 e. The maximum atomic E-state index is 6.56. The lowest BCUT2D eigenvalue weighted by Crippen LogP contribution is -2.20. The van der Waals surface area contributed by atoms with Crippen LogP contribution in [0.4, 0.5) is 11.5 Å². The van der Waals surface area contributed by atoms with Crippen LogP contribution in [-0.2, 0) is 0 Å². The number of anilines is 2. The summed E-state index contributed by atoms with van der Waals surface area (Å²) in [6.07, 6.45) is 1.78. The molecule has 0 aliphatic heterocycles. The van der Waals surface area contributed by atoms with Gasteiger partial charge in [-0.05, 0) is 56.9 Å². The molecule has 0 saturated carbocycles. The lowest BCUT2D eigenvalue weighted by molar-refractivity contribution is 0.416. The average molecular weight is 451 g/mol. The first-order valence-electron chi connectivity index (χ1n) is 10.4. The van der Waals surface area contributed by atoms with E-state index in [2.05, 4.69) is 35.5 Å². The first-order valence-corrected chi connectivity index (χ1v) is 10.7. The lowest BCUT2D eigenvalue weighted by atomic mass is 10.0. The van der Waals surface area contributed by atoms with Gasteiger partial charge < -0.3 is 20.7 Å². The van der Waals surface area contributed by atoms with Crippen LogP contribution in [0, 0.1) is 6.92 Å². The highest BCUT2D eigenvalue weighted by atomic mass is 35.5. The van der Waals surface area contributed by atoms with Crippen molar-refractivity contribution in [2.45, 2.75) is 6.92 Å². The SMILES string of the molecule is COc1ccc(NCCN(C)C)cc1-c1cnn2c(N)c(-c3cccc(Cl)c3)c(C)nc12. The minimum atomic E-state index is 0.514. The number of ether oxygens (including phenoxy) is 1. The number of hydrogen-bond donors (Lipinski definition) is 2. The number of nitrogens with two attached hydrogens (primary N) is 1. The Bertz CT molecular complexity index is 1270. The van der Waals surface area contributed by atoms with E-state index in [1.165, 1.54) is 0 Å². The second-order valence-corrected chi connectivity index (χ2v) is 8.34. The maximum absolute atomic E-state index is 6.56. The van der Waals surface area contributed by atoms with Crippen LogP contribution < -0.4 is 15.8 Å². The number of fused-ring (bicyclic) bond motifs is 1. The highest BCUT2D eigenvalue weighted by Gasteiger charge is 2.19. The molecule has 166 valence electrons. The van der Waals surface area contributed by atoms with Gasteiger partial charge in [-0.3, -0.25) is 0 Å². The van der Waals surface area contributed by atoms with Gasteiger partial charge in [-0.15, -0.1) is 0 Å². The summed E-state index contributed by atoms with van der Waals surface area (Å²) in [6, 6.07) is 13.6. The third-order valence-electron chi connectivity index (χ3n) is 5.35. The van der Waals surface area contributed by atoms with E-state index >= 15 is 0 Å². The van der Waals surface area contributed by atoms with E-state index in [9.17, 15) is 0 Å². The highest BCUT2D eigenvalue weighted by Crippen LogP contribution is 2.37. The number of aryl methyl sites for hydroxylation is 1. The molecule has 4 aromatic rings. The molecular weight excluding hydrogens is 424 g/mol. The molecule has 2 aromatic heterocycles. The molecule has 0 spiro atoms. The molecule has 2 heterocycles. The van der Waals surface area contributed by atoms with Gasteiger partial charge >= 0.3 is 0 Å². The quantitative estimate of drug-likeness (QED) is 0.428. The van der Waals surface area contributed by atoms with Crippen LogP contribution in [-0.4, -0.2) is 53.8 Å². The van der Waals surface area contributed by atoms with Crippen molar-refractivity contribution in [1.82, 2.24) is 19.5 Å². The Kier molecular flexibility index (Phi) is 6.21. The van der Waals surface area contributed by atoms with Crippen molar-refractivity contribution in [3.8, 4) is 28.0 Å². The van der Waals surface area contributed by atoms with Crippen LogP contribution >= 0.6 is 11.6 Å². The molecule has 0 aliphatic carbocycles. The molecule has 0 atom stereocenters. The molecule has 2 aromatic carbocycles. The fourth-order valence-electron chi connectivity index (χ4n) is 3.77. The number of halogens is 1. The molecule has 7 nitrogen and oxygen atoms in total. The molecule has 0 radical (unpaired) electrons. The molecule has 0 bridgehead atoms. The molecule has 8 heteroatoms. The molecule has 0 fully saturated rings. The molecule has 32 heavy (non-hydrogen) atoms. The number of methoxy groups -OCH3 is 1. The van der Waals surface area contributed by atoms with Crippen molar-refractivity contribution in [2.75, 3.05) is 45.3 Å². The summed E-state index contributed by atoms with van der Waals surface area (Å²) < 4.78 is 7.31. The summed E-state index contributed by atoms with van der Waals surface area (Å²) in [5.74, 6) is 1.26. The molecule has 0 unspecified atom stereocenters. The topological polar surface area (TPSA) is 80.7 Å². The Morgan fingerprint density at radius 1 is 1.16 bits per heavy atom. The monoisotopic (exact) mass is 450 g/mol. The summed E-state index contributed by atoms with van der Waals surface area (Å²) >= 11 is 6.20. The number of nitrogens with zero attached hydrogens (tertiary/aromatic N) is 4. The molecular formula is C24H27ClN6O. The van der Waals surface area contributed by atoms with Gasteiger partial charge in [0.05, 0.1) is 24.6 Å². The van der Waals surface area contributed by atoms with Crippen molar-refractivity contribution in [1.29, 1.82) is 0 Å². The average Bonchev–Trinajstić information content (AvgIpc) is 3.17. The van der Waals surface area contributed by atoms with E-state index in [4.69, 9.17) is 27.1 Å². The van der Waals surface area contributed by atoms with Gasteiger partial charge in [-0.1, -0.05) is 23.7 Å². The fourth-order valence-corrected chi connectivity index (χ4v) is 3.97. The summed E-state index contributed by atoms with van der Waals surface area (Å²) in [7, 11) is 5.76. The summed E-state index contributed by atoms with van der Waals surface area (Å²) in [4.78, 5) is 7.00. The minimum absolute atomic E-state index is 0.514. The van der Waals surface area contributed by atoms with Crippen molar-refractivity contribution in [3.05, 3.63) is 59.4 Å². The number of rotatable bonds is 7. The van der Waals surface area contributed by atoms with Gasteiger partial charge in [-0.2, -0.15) is 9.61 Å². The second kappa shape index (κ2) is 9.06. The van der Waals surface area contributed by atoms with E-state index < -0.39 is 0 Å². The largest absolute Gasteiger partial charge is 0.496 e. The zero-order valence-electron chi connectivity index (χ0n) is 18.7. The number of nitrogens with one attached hydrogen (secondary N) is 1. The number of hydrogen-bond acceptors (Lipinski definition) is 6. The first-order chi connectivity index (χ1) is 15.4. The standard InChI is InChI=1S/C24H27ClN6O/c1-15-22(16-6-5-7-17(25)12-16)23(26)31-24(29-15)20(14-28-31)19-13-18(8-9-21(19)32-4)27-10-11-30(2)3/h5-9,12-14,27H,10-11,26H2,1-4H3. The Morgan fingerprint density at radius 3 is 2.69 bits per heavy atom. The minimum Gasteiger partial charge on any atom is -0.496 e. The van der Waals surface area contributed by atoms with Crippen LogP contribution in [0.1, 0.15) is 5.69 Å². The zero-order chi connectivity index (χ0) is 22.8. The molecule has 0 saturated heterocycles. The Hall–Kier alpha value is -3.29. The predicted molar refractivity (Wildman–Crippen MR) is 132 cm³/mol.